The smallest absolute Gasteiger partial charge is 0.446 e. The Bertz CT molecular complexity index is 969. The molecule has 2 aliphatic rings. The predicted molar refractivity (Wildman–Crippen MR) is 123 cm³/mol. The summed E-state index contributed by atoms with van der Waals surface area (Å²) in [7, 11) is 0. The van der Waals surface area contributed by atoms with Crippen molar-refractivity contribution >= 4 is 11.9 Å². The molecule has 0 aliphatic carbocycles. The van der Waals surface area contributed by atoms with Crippen LogP contribution in [0.2, 0.25) is 0 Å². The highest BCUT2D eigenvalue weighted by Crippen LogP contribution is 2.25. The monoisotopic (exact) mass is 493 g/mol. The van der Waals surface area contributed by atoms with Gasteiger partial charge < -0.3 is 19.3 Å². The Morgan fingerprint density at radius 3 is 2.37 bits per heavy atom. The number of ether oxygens (including phenoxy) is 2. The highest BCUT2D eigenvalue weighted by molar-refractivity contribution is 5.69. The molecule has 0 unspecified atom stereocenters. The van der Waals surface area contributed by atoms with E-state index in [1.807, 2.05) is 36.9 Å². The second-order valence-electron chi connectivity index (χ2n) is 9.11. The van der Waals surface area contributed by atoms with Crippen molar-refractivity contribution in [3.63, 3.8) is 0 Å². The molecule has 2 atom stereocenters. The predicted octanol–water partition coefficient (Wildman–Crippen LogP) is 4.08. The van der Waals surface area contributed by atoms with Gasteiger partial charge in [0.1, 0.15) is 11.9 Å². The maximum atomic E-state index is 12.9. The molecule has 0 radical (unpaired) electrons. The number of nitrogens with zero attached hydrogens (tertiary/aromatic N) is 5. The van der Waals surface area contributed by atoms with Crippen molar-refractivity contribution in [3.05, 3.63) is 48.3 Å². The molecule has 2 aliphatic heterocycles. The van der Waals surface area contributed by atoms with Gasteiger partial charge in [0.25, 0.3) is 0 Å². The minimum Gasteiger partial charge on any atom is -0.446 e. The molecule has 0 saturated carbocycles. The van der Waals surface area contributed by atoms with Crippen LogP contribution in [0.25, 0.3) is 0 Å². The first-order valence-corrected chi connectivity index (χ1v) is 11.8. The van der Waals surface area contributed by atoms with Crippen LogP contribution in [0.1, 0.15) is 32.3 Å². The second kappa shape index (κ2) is 10.7. The number of anilines is 1. The van der Waals surface area contributed by atoms with Gasteiger partial charge in [0.15, 0.2) is 0 Å². The van der Waals surface area contributed by atoms with E-state index in [1.165, 1.54) is 11.8 Å². The number of alkyl halides is 3. The largest absolute Gasteiger partial charge is 0.574 e. The van der Waals surface area contributed by atoms with E-state index in [4.69, 9.17) is 4.74 Å². The van der Waals surface area contributed by atoms with E-state index < -0.39 is 12.2 Å². The standard InChI is InChI=1S/C24H30F3N5O3/c1-17-15-32(18(2)14-31(17)21-12-29-22(13-28-21)35-24(25,26)27)23(33)34-20-8-10-30(11-9-20)16-19-6-4-3-5-7-19/h3-7,12-13,17-18,20H,8-11,14-16H2,1-2H3/t17-,18+/m0/s1. The number of likely N-dealkylation sites (tertiary alicyclic amines) is 1. The van der Waals surface area contributed by atoms with Crippen LogP contribution in [0.15, 0.2) is 42.7 Å². The van der Waals surface area contributed by atoms with Crippen molar-refractivity contribution in [1.29, 1.82) is 0 Å². The molecule has 1 amide bonds. The summed E-state index contributed by atoms with van der Waals surface area (Å²) in [5.74, 6) is -0.184. The van der Waals surface area contributed by atoms with E-state index in [0.29, 0.717) is 18.9 Å². The summed E-state index contributed by atoms with van der Waals surface area (Å²) in [4.78, 5) is 26.7. The van der Waals surface area contributed by atoms with Gasteiger partial charge in [-0.2, -0.15) is 0 Å². The number of piperazine rings is 1. The molecule has 8 nitrogen and oxygen atoms in total. The lowest BCUT2D eigenvalue weighted by molar-refractivity contribution is -0.276. The summed E-state index contributed by atoms with van der Waals surface area (Å²) in [5.41, 5.74) is 1.27. The van der Waals surface area contributed by atoms with Gasteiger partial charge in [-0.1, -0.05) is 30.3 Å². The van der Waals surface area contributed by atoms with Gasteiger partial charge in [0.05, 0.1) is 12.4 Å². The first kappa shape index (κ1) is 25.0. The molecule has 2 fully saturated rings. The number of amides is 1. The quantitative estimate of drug-likeness (QED) is 0.622. The second-order valence-corrected chi connectivity index (χ2v) is 9.11. The highest BCUT2D eigenvalue weighted by Gasteiger charge is 2.36. The van der Waals surface area contributed by atoms with E-state index in [1.54, 1.807) is 4.90 Å². The maximum Gasteiger partial charge on any atom is 0.574 e. The lowest BCUT2D eigenvalue weighted by atomic mass is 10.1. The van der Waals surface area contributed by atoms with Crippen LogP contribution in [-0.4, -0.2) is 76.6 Å². The van der Waals surface area contributed by atoms with E-state index in [-0.39, 0.29) is 24.3 Å². The van der Waals surface area contributed by atoms with Gasteiger partial charge in [-0.05, 0) is 32.3 Å². The van der Waals surface area contributed by atoms with Crippen molar-refractivity contribution in [2.75, 3.05) is 31.1 Å². The van der Waals surface area contributed by atoms with Crippen LogP contribution >= 0.6 is 0 Å². The van der Waals surface area contributed by atoms with Gasteiger partial charge in [0, 0.05) is 44.8 Å². The van der Waals surface area contributed by atoms with Gasteiger partial charge in [0.2, 0.25) is 5.88 Å². The first-order valence-electron chi connectivity index (χ1n) is 11.8. The number of hydrogen-bond acceptors (Lipinski definition) is 7. The molecule has 11 heteroatoms. The fourth-order valence-electron chi connectivity index (χ4n) is 4.57. The molecule has 0 spiro atoms. The van der Waals surface area contributed by atoms with E-state index >= 15 is 0 Å². The molecule has 1 aromatic heterocycles. The van der Waals surface area contributed by atoms with E-state index in [2.05, 4.69) is 31.7 Å². The van der Waals surface area contributed by atoms with Crippen molar-refractivity contribution < 1.29 is 27.4 Å². The Kier molecular flexibility index (Phi) is 7.63. The van der Waals surface area contributed by atoms with Crippen LogP contribution < -0.4 is 9.64 Å². The van der Waals surface area contributed by atoms with Gasteiger partial charge >= 0.3 is 12.5 Å². The molecule has 2 saturated heterocycles. The van der Waals surface area contributed by atoms with Crippen molar-refractivity contribution in [2.45, 2.75) is 57.8 Å². The highest BCUT2D eigenvalue weighted by atomic mass is 19.4. The van der Waals surface area contributed by atoms with Crippen molar-refractivity contribution in [3.8, 4) is 5.88 Å². The zero-order chi connectivity index (χ0) is 25.0. The Hall–Kier alpha value is -3.08. The lowest BCUT2D eigenvalue weighted by Crippen LogP contribution is -2.59. The zero-order valence-electron chi connectivity index (χ0n) is 19.8. The minimum atomic E-state index is -4.82. The summed E-state index contributed by atoms with van der Waals surface area (Å²) >= 11 is 0. The van der Waals surface area contributed by atoms with Crippen LogP contribution in [0.3, 0.4) is 0 Å². The Morgan fingerprint density at radius 2 is 1.74 bits per heavy atom. The number of benzene rings is 1. The van der Waals surface area contributed by atoms with Crippen LogP contribution in [0.5, 0.6) is 5.88 Å². The number of carbonyl (C=O) groups excluding carboxylic acids is 1. The van der Waals surface area contributed by atoms with Crippen molar-refractivity contribution in [1.82, 2.24) is 19.8 Å². The molecule has 0 N–H and O–H groups in total. The lowest BCUT2D eigenvalue weighted by Gasteiger charge is -2.44. The topological polar surface area (TPSA) is 71.0 Å². The van der Waals surface area contributed by atoms with Crippen LogP contribution in [0, 0.1) is 0 Å². The van der Waals surface area contributed by atoms with E-state index in [9.17, 15) is 18.0 Å². The number of piperidine rings is 1. The third kappa shape index (κ3) is 6.74. The van der Waals surface area contributed by atoms with Gasteiger partial charge in [-0.3, -0.25) is 4.90 Å². The first-order chi connectivity index (χ1) is 16.7. The average molecular weight is 494 g/mol. The molecular formula is C24H30F3N5O3. The van der Waals surface area contributed by atoms with Crippen molar-refractivity contribution in [2.24, 2.45) is 0 Å². The number of rotatable bonds is 5. The average Bonchev–Trinajstić information content (AvgIpc) is 2.82. The zero-order valence-corrected chi connectivity index (χ0v) is 19.8. The third-order valence-corrected chi connectivity index (χ3v) is 6.40. The molecule has 2 aromatic rings. The summed E-state index contributed by atoms with van der Waals surface area (Å²) in [5, 5.41) is 0. The third-order valence-electron chi connectivity index (χ3n) is 6.40. The molecular weight excluding hydrogens is 463 g/mol. The molecule has 0 bridgehead atoms. The number of aromatic nitrogens is 2. The Morgan fingerprint density at radius 1 is 1.03 bits per heavy atom. The number of carbonyl (C=O) groups is 1. The number of hydrogen-bond donors (Lipinski definition) is 0. The summed E-state index contributed by atoms with van der Waals surface area (Å²) < 4.78 is 46.7. The molecule has 4 rings (SSSR count). The molecule has 3 heterocycles. The van der Waals surface area contributed by atoms with E-state index in [0.717, 1.165) is 38.7 Å². The van der Waals surface area contributed by atoms with Crippen LogP contribution in [-0.2, 0) is 11.3 Å². The summed E-state index contributed by atoms with van der Waals surface area (Å²) in [6, 6.07) is 10.0. The summed E-state index contributed by atoms with van der Waals surface area (Å²) in [6.45, 7) is 7.35. The molecule has 1 aromatic carbocycles. The minimum absolute atomic E-state index is 0.109. The molecule has 190 valence electrons. The van der Waals surface area contributed by atoms with Gasteiger partial charge in [-0.25, -0.2) is 14.8 Å². The molecule has 35 heavy (non-hydrogen) atoms. The Labute approximate surface area is 202 Å². The fourth-order valence-corrected chi connectivity index (χ4v) is 4.57. The SMILES string of the molecule is C[C@@H]1CN(c2cnc(OC(F)(F)F)cn2)[C@@H](C)CN1C(=O)OC1CCN(Cc2ccccc2)CC1. The van der Waals surface area contributed by atoms with Crippen LogP contribution in [0.4, 0.5) is 23.8 Å². The van der Waals surface area contributed by atoms with Gasteiger partial charge in [-0.15, -0.1) is 13.2 Å². The normalized spacial score (nSPS) is 22.2. The number of halogens is 3. The maximum absolute atomic E-state index is 12.9. The fraction of sp³-hybridized carbons (Fsp3) is 0.542. The Balaban J connectivity index is 1.26. The summed E-state index contributed by atoms with van der Waals surface area (Å²) in [6.07, 6.45) is -1.46.